The van der Waals surface area contributed by atoms with Crippen molar-refractivity contribution in [3.8, 4) is 0 Å². The molecule has 10 heteroatoms. The number of alkyl halides is 3. The Morgan fingerprint density at radius 2 is 1.84 bits per heavy atom. The molecule has 32 heavy (non-hydrogen) atoms. The van der Waals surface area contributed by atoms with Gasteiger partial charge in [-0.05, 0) is 67.3 Å². The SMILES string of the molecule is Cc1ccc(C2C=C(NC(=NC3CC3)NC(=O)c3ccc(C(F)(F)F)cc3)N=N2)cc1F. The summed E-state index contributed by atoms with van der Waals surface area (Å²) in [6.45, 7) is 1.66. The van der Waals surface area contributed by atoms with E-state index >= 15 is 0 Å². The first-order valence-electron chi connectivity index (χ1n) is 9.91. The van der Waals surface area contributed by atoms with E-state index in [1.807, 2.05) is 0 Å². The number of azo groups is 1. The second-order valence-electron chi connectivity index (χ2n) is 7.58. The average Bonchev–Trinajstić information content (AvgIpc) is 3.44. The van der Waals surface area contributed by atoms with Gasteiger partial charge in [0, 0.05) is 5.56 Å². The Balaban J connectivity index is 1.46. The van der Waals surface area contributed by atoms with E-state index in [0.29, 0.717) is 16.9 Å². The molecule has 1 unspecified atom stereocenters. The fourth-order valence-corrected chi connectivity index (χ4v) is 2.96. The molecule has 2 aliphatic rings. The van der Waals surface area contributed by atoms with E-state index in [-0.39, 0.29) is 23.4 Å². The smallest absolute Gasteiger partial charge is 0.309 e. The third-order valence-corrected chi connectivity index (χ3v) is 4.95. The number of rotatable bonds is 4. The van der Waals surface area contributed by atoms with Crippen LogP contribution in [0.3, 0.4) is 0 Å². The highest BCUT2D eigenvalue weighted by Gasteiger charge is 2.30. The van der Waals surface area contributed by atoms with E-state index in [9.17, 15) is 22.4 Å². The quantitative estimate of drug-likeness (QED) is 0.393. The molecule has 1 amide bonds. The van der Waals surface area contributed by atoms with E-state index in [1.54, 1.807) is 25.1 Å². The van der Waals surface area contributed by atoms with Crippen molar-refractivity contribution in [3.63, 3.8) is 0 Å². The molecular formula is C22H19F4N5O. The molecule has 1 aliphatic carbocycles. The lowest BCUT2D eigenvalue weighted by molar-refractivity contribution is -0.137. The minimum Gasteiger partial charge on any atom is -0.309 e. The number of aryl methyl sites for hydroxylation is 1. The zero-order chi connectivity index (χ0) is 22.9. The topological polar surface area (TPSA) is 78.2 Å². The molecular weight excluding hydrogens is 426 g/mol. The van der Waals surface area contributed by atoms with Gasteiger partial charge in [0.15, 0.2) is 5.82 Å². The minimum absolute atomic E-state index is 0.0475. The van der Waals surface area contributed by atoms with Crippen LogP contribution in [0.2, 0.25) is 0 Å². The third-order valence-electron chi connectivity index (χ3n) is 4.95. The lowest BCUT2D eigenvalue weighted by Crippen LogP contribution is -2.40. The number of nitrogens with one attached hydrogen (secondary N) is 2. The van der Waals surface area contributed by atoms with Crippen LogP contribution in [0.1, 0.15) is 45.9 Å². The number of hydrogen-bond acceptors (Lipinski definition) is 4. The fourth-order valence-electron chi connectivity index (χ4n) is 2.96. The normalized spacial score (nSPS) is 18.5. The molecule has 0 radical (unpaired) electrons. The second kappa shape index (κ2) is 8.52. The Bertz CT molecular complexity index is 1120. The van der Waals surface area contributed by atoms with Crippen LogP contribution in [0.5, 0.6) is 0 Å². The van der Waals surface area contributed by atoms with Crippen molar-refractivity contribution in [2.45, 2.75) is 38.0 Å². The number of guanidine groups is 1. The van der Waals surface area contributed by atoms with Crippen molar-refractivity contribution in [3.05, 3.63) is 82.4 Å². The molecule has 0 saturated heterocycles. The Morgan fingerprint density at radius 3 is 2.47 bits per heavy atom. The molecule has 0 aromatic heterocycles. The molecule has 166 valence electrons. The minimum atomic E-state index is -4.48. The van der Waals surface area contributed by atoms with E-state index in [4.69, 9.17) is 0 Å². The van der Waals surface area contributed by atoms with Gasteiger partial charge < -0.3 is 5.32 Å². The predicted molar refractivity (Wildman–Crippen MR) is 109 cm³/mol. The Morgan fingerprint density at radius 1 is 1.12 bits per heavy atom. The summed E-state index contributed by atoms with van der Waals surface area (Å²) < 4.78 is 52.0. The molecule has 4 rings (SSSR count). The lowest BCUT2D eigenvalue weighted by atomic mass is 10.1. The Labute approximate surface area is 181 Å². The van der Waals surface area contributed by atoms with Crippen molar-refractivity contribution in [1.82, 2.24) is 10.6 Å². The molecule has 2 N–H and O–H groups in total. The molecule has 1 atom stereocenters. The molecule has 1 fully saturated rings. The highest BCUT2D eigenvalue weighted by atomic mass is 19.4. The van der Waals surface area contributed by atoms with Crippen LogP contribution in [-0.4, -0.2) is 17.9 Å². The first-order valence-corrected chi connectivity index (χ1v) is 9.91. The third kappa shape index (κ3) is 5.19. The number of aliphatic imine (C=N–C) groups is 1. The summed E-state index contributed by atoms with van der Waals surface area (Å²) in [7, 11) is 0. The van der Waals surface area contributed by atoms with Gasteiger partial charge in [0.05, 0.1) is 11.6 Å². The highest BCUT2D eigenvalue weighted by Crippen LogP contribution is 2.30. The van der Waals surface area contributed by atoms with E-state index in [0.717, 1.165) is 37.1 Å². The van der Waals surface area contributed by atoms with E-state index < -0.39 is 23.7 Å². The fraction of sp³-hybridized carbons (Fsp3) is 0.273. The maximum atomic E-state index is 13.8. The maximum Gasteiger partial charge on any atom is 0.416 e. The lowest BCUT2D eigenvalue weighted by Gasteiger charge is -2.11. The van der Waals surface area contributed by atoms with Crippen LogP contribution in [-0.2, 0) is 6.18 Å². The Kier molecular flexibility index (Phi) is 5.77. The molecule has 1 aliphatic heterocycles. The van der Waals surface area contributed by atoms with Gasteiger partial charge in [-0.1, -0.05) is 12.1 Å². The molecule has 2 aromatic rings. The molecule has 6 nitrogen and oxygen atoms in total. The van der Waals surface area contributed by atoms with Crippen molar-refractivity contribution in [1.29, 1.82) is 0 Å². The van der Waals surface area contributed by atoms with E-state index in [2.05, 4.69) is 25.9 Å². The Hall–Kier alpha value is -3.56. The van der Waals surface area contributed by atoms with Crippen molar-refractivity contribution >= 4 is 11.9 Å². The summed E-state index contributed by atoms with van der Waals surface area (Å²) in [5.41, 5.74) is 0.367. The maximum absolute atomic E-state index is 13.8. The standard InChI is InChI=1S/C22H19F4N5O/c1-12-2-3-14(10-17(12)23)18-11-19(31-30-18)28-21(27-16-8-9-16)29-20(32)13-4-6-15(7-5-13)22(24,25)26/h2-7,10-11,16,18H,8-9H2,1H3,(H2,27,28,29,32). The van der Waals surface area contributed by atoms with Gasteiger partial charge in [0.2, 0.25) is 5.96 Å². The van der Waals surface area contributed by atoms with Gasteiger partial charge in [0.1, 0.15) is 11.9 Å². The molecule has 0 bridgehead atoms. The van der Waals surface area contributed by atoms with Gasteiger partial charge in [-0.15, -0.1) is 5.11 Å². The van der Waals surface area contributed by atoms with Crippen molar-refractivity contribution < 1.29 is 22.4 Å². The van der Waals surface area contributed by atoms with Gasteiger partial charge in [-0.2, -0.15) is 18.3 Å². The number of hydrogen-bond donors (Lipinski definition) is 2. The average molecular weight is 445 g/mol. The van der Waals surface area contributed by atoms with Gasteiger partial charge in [-0.25, -0.2) is 9.38 Å². The van der Waals surface area contributed by atoms with Gasteiger partial charge >= 0.3 is 6.18 Å². The molecule has 2 aromatic carbocycles. The monoisotopic (exact) mass is 445 g/mol. The molecule has 1 heterocycles. The summed E-state index contributed by atoms with van der Waals surface area (Å²) in [5, 5.41) is 13.6. The van der Waals surface area contributed by atoms with Crippen LogP contribution >= 0.6 is 0 Å². The van der Waals surface area contributed by atoms with Gasteiger partial charge in [-0.3, -0.25) is 10.1 Å². The summed E-state index contributed by atoms with van der Waals surface area (Å²) in [6.07, 6.45) is -1.08. The number of benzene rings is 2. The molecule has 1 saturated carbocycles. The largest absolute Gasteiger partial charge is 0.416 e. The summed E-state index contributed by atoms with van der Waals surface area (Å²) in [4.78, 5) is 16.9. The zero-order valence-corrected chi connectivity index (χ0v) is 16.9. The zero-order valence-electron chi connectivity index (χ0n) is 16.9. The van der Waals surface area contributed by atoms with Crippen LogP contribution in [0, 0.1) is 12.7 Å². The number of halogens is 4. The first kappa shape index (κ1) is 21.7. The van der Waals surface area contributed by atoms with E-state index in [1.165, 1.54) is 6.07 Å². The van der Waals surface area contributed by atoms with Crippen LogP contribution in [0.25, 0.3) is 0 Å². The van der Waals surface area contributed by atoms with Crippen LogP contribution in [0.4, 0.5) is 17.6 Å². The number of nitrogens with zero attached hydrogens (tertiary/aromatic N) is 3. The second-order valence-corrected chi connectivity index (χ2v) is 7.58. The van der Waals surface area contributed by atoms with Crippen LogP contribution < -0.4 is 10.6 Å². The molecule has 0 spiro atoms. The van der Waals surface area contributed by atoms with Crippen molar-refractivity contribution in [2.75, 3.05) is 0 Å². The summed E-state index contributed by atoms with van der Waals surface area (Å²) in [5.74, 6) is -0.507. The van der Waals surface area contributed by atoms with Crippen LogP contribution in [0.15, 0.2) is 69.6 Å². The number of carbonyl (C=O) groups excluding carboxylic acids is 1. The predicted octanol–water partition coefficient (Wildman–Crippen LogP) is 5.04. The van der Waals surface area contributed by atoms with Gasteiger partial charge in [0.25, 0.3) is 5.91 Å². The number of carbonyl (C=O) groups is 1. The highest BCUT2D eigenvalue weighted by molar-refractivity contribution is 6.06. The number of amides is 1. The summed E-state index contributed by atoms with van der Waals surface area (Å²) >= 11 is 0. The van der Waals surface area contributed by atoms with Crippen molar-refractivity contribution in [2.24, 2.45) is 15.2 Å². The summed E-state index contributed by atoms with van der Waals surface area (Å²) in [6, 6.07) is 8.26. The first-order chi connectivity index (χ1) is 15.2.